The van der Waals surface area contributed by atoms with Gasteiger partial charge in [0, 0.05) is 79.7 Å². The van der Waals surface area contributed by atoms with Crippen molar-refractivity contribution in [1.82, 2.24) is 14.2 Å². The summed E-state index contributed by atoms with van der Waals surface area (Å²) in [6.07, 6.45) is 2.12. The van der Waals surface area contributed by atoms with Crippen molar-refractivity contribution in [1.29, 1.82) is 0 Å². The van der Waals surface area contributed by atoms with Crippen molar-refractivity contribution in [3.8, 4) is 5.75 Å². The smallest absolute Gasteiger partial charge is 0.337 e. The number of fused-ring (bicyclic) bond motifs is 1. The molecule has 2 aromatic carbocycles. The summed E-state index contributed by atoms with van der Waals surface area (Å²) < 4.78 is 12.8. The minimum atomic E-state index is -0.311. The summed E-state index contributed by atoms with van der Waals surface area (Å²) in [6.45, 7) is 5.66. The fourth-order valence-electron chi connectivity index (χ4n) is 4.36. The van der Waals surface area contributed by atoms with E-state index in [1.54, 1.807) is 16.2 Å². The number of benzene rings is 2. The Bertz CT molecular complexity index is 1080. The highest BCUT2D eigenvalue weighted by molar-refractivity contribution is 14.2. The van der Waals surface area contributed by atoms with Gasteiger partial charge in [-0.2, -0.15) is 0 Å². The van der Waals surface area contributed by atoms with Gasteiger partial charge in [-0.05, 0) is 42.3 Å². The van der Waals surface area contributed by atoms with Gasteiger partial charge in [-0.1, -0.05) is 12.1 Å². The van der Waals surface area contributed by atoms with E-state index in [2.05, 4.69) is 60.6 Å². The van der Waals surface area contributed by atoms with Gasteiger partial charge in [-0.15, -0.1) is 0 Å². The monoisotopic (exact) mass is 551 g/mol. The number of aryl methyl sites for hydroxylation is 1. The Labute approximate surface area is 199 Å². The van der Waals surface area contributed by atoms with E-state index in [1.165, 1.54) is 34.7 Å². The van der Waals surface area contributed by atoms with Crippen LogP contribution in [0.5, 0.6) is 5.75 Å². The molecule has 1 aliphatic heterocycles. The maximum atomic E-state index is 11.8. The number of aromatic nitrogens is 1. The first-order valence-electron chi connectivity index (χ1n) is 10.2. The standard InChI is InChI=1S/C23H26IN3O3S/c1-15-12-21(29-2)19(18-8-10-27(31-24)22(15)18)14-26-11-9-25-13-20(26)16-4-6-17(7-5-16)23(28)30-3/h4-8,10,12,20,25H,9,11,13-14H2,1-3H3/t20-/m0/s1. The summed E-state index contributed by atoms with van der Waals surface area (Å²) in [5, 5.41) is 4.75. The normalized spacial score (nSPS) is 17.1. The van der Waals surface area contributed by atoms with E-state index in [9.17, 15) is 4.79 Å². The minimum absolute atomic E-state index is 0.211. The lowest BCUT2D eigenvalue weighted by Crippen LogP contribution is -2.45. The van der Waals surface area contributed by atoms with Crippen LogP contribution < -0.4 is 10.1 Å². The third-order valence-electron chi connectivity index (χ3n) is 5.92. The van der Waals surface area contributed by atoms with E-state index in [-0.39, 0.29) is 12.0 Å². The van der Waals surface area contributed by atoms with Gasteiger partial charge in [-0.3, -0.25) is 8.87 Å². The first-order valence-corrected chi connectivity index (χ1v) is 13.5. The highest BCUT2D eigenvalue weighted by Crippen LogP contribution is 2.37. The fraction of sp³-hybridized carbons (Fsp3) is 0.348. The topological polar surface area (TPSA) is 55.7 Å². The average Bonchev–Trinajstić information content (AvgIpc) is 3.25. The number of halogens is 1. The van der Waals surface area contributed by atoms with Crippen LogP contribution in [0.25, 0.3) is 10.9 Å². The zero-order valence-electron chi connectivity index (χ0n) is 17.9. The molecule has 0 spiro atoms. The second kappa shape index (κ2) is 9.81. The number of carbonyl (C=O) groups excluding carboxylic acids is 1. The number of esters is 1. The van der Waals surface area contributed by atoms with Gasteiger partial charge >= 0.3 is 5.97 Å². The van der Waals surface area contributed by atoms with E-state index >= 15 is 0 Å². The van der Waals surface area contributed by atoms with E-state index in [0.717, 1.165) is 31.9 Å². The first kappa shape index (κ1) is 22.4. The molecule has 8 heteroatoms. The Balaban J connectivity index is 1.69. The fourth-order valence-corrected chi connectivity index (χ4v) is 5.76. The molecule has 1 saturated heterocycles. The van der Waals surface area contributed by atoms with Crippen LogP contribution in [0.3, 0.4) is 0 Å². The van der Waals surface area contributed by atoms with Crippen LogP contribution in [0.15, 0.2) is 42.6 Å². The molecule has 1 aromatic heterocycles. The van der Waals surface area contributed by atoms with Crippen molar-refractivity contribution in [3.63, 3.8) is 0 Å². The molecule has 1 atom stereocenters. The van der Waals surface area contributed by atoms with Crippen molar-refractivity contribution >= 4 is 47.2 Å². The molecule has 0 radical (unpaired) electrons. The Morgan fingerprint density at radius 2 is 2.03 bits per heavy atom. The van der Waals surface area contributed by atoms with Gasteiger partial charge in [0.2, 0.25) is 0 Å². The Morgan fingerprint density at radius 1 is 1.26 bits per heavy atom. The lowest BCUT2D eigenvalue weighted by Gasteiger charge is -2.37. The minimum Gasteiger partial charge on any atom is -0.496 e. The summed E-state index contributed by atoms with van der Waals surface area (Å²) in [4.78, 5) is 14.3. The van der Waals surface area contributed by atoms with Crippen molar-refractivity contribution in [2.24, 2.45) is 0 Å². The van der Waals surface area contributed by atoms with Crippen LogP contribution in [0.2, 0.25) is 0 Å². The molecule has 1 aliphatic rings. The van der Waals surface area contributed by atoms with Crippen LogP contribution in [-0.2, 0) is 11.3 Å². The Morgan fingerprint density at radius 3 is 2.71 bits per heavy atom. The van der Waals surface area contributed by atoms with Crippen LogP contribution >= 0.6 is 30.3 Å². The molecule has 31 heavy (non-hydrogen) atoms. The number of hydrogen-bond donors (Lipinski definition) is 1. The summed E-state index contributed by atoms with van der Waals surface area (Å²) in [5.74, 6) is 0.620. The molecular formula is C23H26IN3O3S. The summed E-state index contributed by atoms with van der Waals surface area (Å²) >= 11 is 2.32. The zero-order chi connectivity index (χ0) is 22.0. The summed E-state index contributed by atoms with van der Waals surface area (Å²) in [5.41, 5.74) is 5.42. The number of carbonyl (C=O) groups is 1. The van der Waals surface area contributed by atoms with Gasteiger partial charge in [-0.25, -0.2) is 4.79 Å². The number of methoxy groups -OCH3 is 2. The zero-order valence-corrected chi connectivity index (χ0v) is 20.8. The largest absolute Gasteiger partial charge is 0.496 e. The number of hydrogen-bond acceptors (Lipinski definition) is 6. The number of nitrogens with zero attached hydrogens (tertiary/aromatic N) is 2. The molecule has 0 unspecified atom stereocenters. The molecule has 6 nitrogen and oxygen atoms in total. The molecular weight excluding hydrogens is 525 g/mol. The highest BCUT2D eigenvalue weighted by Gasteiger charge is 2.26. The lowest BCUT2D eigenvalue weighted by molar-refractivity contribution is 0.0600. The van der Waals surface area contributed by atoms with Crippen molar-refractivity contribution < 1.29 is 14.3 Å². The molecule has 0 bridgehead atoms. The molecule has 3 aromatic rings. The van der Waals surface area contributed by atoms with E-state index in [4.69, 9.17) is 9.47 Å². The number of nitrogens with one attached hydrogen (secondary N) is 1. The molecule has 4 rings (SSSR count). The third-order valence-corrected chi connectivity index (χ3v) is 7.65. The van der Waals surface area contributed by atoms with Crippen molar-refractivity contribution in [3.05, 3.63) is 64.8 Å². The van der Waals surface area contributed by atoms with Gasteiger partial charge < -0.3 is 14.8 Å². The molecule has 0 saturated carbocycles. The van der Waals surface area contributed by atoms with E-state index in [0.29, 0.717) is 5.56 Å². The number of piperazine rings is 1. The predicted molar refractivity (Wildman–Crippen MR) is 134 cm³/mol. The number of rotatable bonds is 6. The maximum absolute atomic E-state index is 11.8. The van der Waals surface area contributed by atoms with Crippen molar-refractivity contribution in [2.75, 3.05) is 33.9 Å². The SMILES string of the molecule is COC(=O)c1ccc([C@@H]2CNCCN2Cc2c(OC)cc(C)c3c2ccn3SI)cc1. The van der Waals surface area contributed by atoms with Gasteiger partial charge in [0.25, 0.3) is 0 Å². The summed E-state index contributed by atoms with van der Waals surface area (Å²) in [6, 6.07) is 12.3. The maximum Gasteiger partial charge on any atom is 0.337 e. The molecule has 1 fully saturated rings. The molecule has 2 heterocycles. The van der Waals surface area contributed by atoms with Gasteiger partial charge in [0.1, 0.15) is 5.75 Å². The Kier molecular flexibility index (Phi) is 7.10. The highest BCUT2D eigenvalue weighted by atomic mass is 127. The van der Waals surface area contributed by atoms with Crippen LogP contribution in [0.1, 0.15) is 33.1 Å². The van der Waals surface area contributed by atoms with Crippen molar-refractivity contribution in [2.45, 2.75) is 19.5 Å². The van der Waals surface area contributed by atoms with Crippen LogP contribution in [0.4, 0.5) is 0 Å². The Hall–Kier alpha value is -1.75. The third kappa shape index (κ3) is 4.44. The quantitative estimate of drug-likeness (QED) is 0.353. The predicted octanol–water partition coefficient (Wildman–Crippen LogP) is 4.74. The van der Waals surface area contributed by atoms with E-state index < -0.39 is 0 Å². The van der Waals surface area contributed by atoms with E-state index in [1.807, 2.05) is 24.3 Å². The van der Waals surface area contributed by atoms with Crippen LogP contribution in [-0.4, -0.2) is 48.7 Å². The molecule has 1 N–H and O–H groups in total. The van der Waals surface area contributed by atoms with Crippen LogP contribution in [0, 0.1) is 6.92 Å². The second-order valence-corrected chi connectivity index (χ2v) is 9.36. The average molecular weight is 551 g/mol. The van der Waals surface area contributed by atoms with Gasteiger partial charge in [0.05, 0.1) is 25.3 Å². The lowest BCUT2D eigenvalue weighted by atomic mass is 9.99. The summed E-state index contributed by atoms with van der Waals surface area (Å²) in [7, 11) is 4.83. The van der Waals surface area contributed by atoms with Gasteiger partial charge in [0.15, 0.2) is 0 Å². The molecule has 0 aliphatic carbocycles. The second-order valence-electron chi connectivity index (χ2n) is 7.65. The first-order chi connectivity index (χ1) is 15.1. The molecule has 164 valence electrons. The molecule has 0 amide bonds. The number of ether oxygens (including phenoxy) is 2.